The molecule has 0 radical (unpaired) electrons. The molecule has 3 fully saturated rings. The third-order valence-corrected chi connectivity index (χ3v) is 6.97. The molecule has 1 spiro atoms. The number of halogens is 3. The number of nitrogens with zero attached hydrogens (tertiary/aromatic N) is 2. The summed E-state index contributed by atoms with van der Waals surface area (Å²) in [5.74, 6) is -1.69. The van der Waals surface area contributed by atoms with Crippen molar-refractivity contribution in [1.82, 2.24) is 9.80 Å². The Bertz CT molecular complexity index is 904. The van der Waals surface area contributed by atoms with Crippen molar-refractivity contribution in [2.24, 2.45) is 5.41 Å². The van der Waals surface area contributed by atoms with Crippen LogP contribution in [0.5, 0.6) is 0 Å². The highest BCUT2D eigenvalue weighted by atomic mass is 19.4. The van der Waals surface area contributed by atoms with E-state index in [1.807, 2.05) is 26.8 Å². The second-order valence-corrected chi connectivity index (χ2v) is 11.2. The average molecular weight is 509 g/mol. The predicted molar refractivity (Wildman–Crippen MR) is 134 cm³/mol. The van der Waals surface area contributed by atoms with Crippen molar-refractivity contribution < 1.29 is 27.5 Å². The minimum atomic E-state index is -4.80. The second-order valence-electron chi connectivity index (χ2n) is 11.2. The van der Waals surface area contributed by atoms with Gasteiger partial charge in [-0.05, 0) is 76.7 Å². The molecule has 1 aliphatic heterocycles. The van der Waals surface area contributed by atoms with E-state index >= 15 is 0 Å². The van der Waals surface area contributed by atoms with Gasteiger partial charge in [-0.15, -0.1) is 0 Å². The molecule has 1 aromatic carbocycles. The van der Waals surface area contributed by atoms with Gasteiger partial charge >= 0.3 is 18.2 Å². The summed E-state index contributed by atoms with van der Waals surface area (Å²) >= 11 is 0. The van der Waals surface area contributed by atoms with Crippen LogP contribution in [0.3, 0.4) is 0 Å². The zero-order chi connectivity index (χ0) is 26.6. The molecule has 1 aromatic rings. The minimum Gasteiger partial charge on any atom is -0.444 e. The molecule has 2 aliphatic carbocycles. The van der Waals surface area contributed by atoms with E-state index in [1.165, 1.54) is 5.56 Å². The Kier molecular flexibility index (Phi) is 8.78. The molecule has 2 amide bonds. The topological polar surface area (TPSA) is 49.9 Å². The van der Waals surface area contributed by atoms with Gasteiger partial charge in [-0.25, -0.2) is 4.79 Å². The molecule has 200 valence electrons. The van der Waals surface area contributed by atoms with Crippen molar-refractivity contribution >= 4 is 18.1 Å². The van der Waals surface area contributed by atoms with Gasteiger partial charge in [0.25, 0.3) is 0 Å². The fourth-order valence-electron chi connectivity index (χ4n) is 4.98. The molecule has 1 heterocycles. The van der Waals surface area contributed by atoms with Crippen molar-refractivity contribution in [3.05, 3.63) is 42.0 Å². The first-order chi connectivity index (χ1) is 16.8. The van der Waals surface area contributed by atoms with E-state index in [-0.39, 0.29) is 23.6 Å². The van der Waals surface area contributed by atoms with E-state index in [4.69, 9.17) is 4.74 Å². The van der Waals surface area contributed by atoms with Crippen molar-refractivity contribution in [3.63, 3.8) is 0 Å². The quantitative estimate of drug-likeness (QED) is 0.448. The fraction of sp³-hybridized carbons (Fsp3) is 0.643. The molecule has 0 aromatic heterocycles. The monoisotopic (exact) mass is 508 g/mol. The number of allylic oxidation sites excluding steroid dienone is 1. The van der Waals surface area contributed by atoms with E-state index in [0.29, 0.717) is 38.8 Å². The standard InChI is InChI=1S/C18H27F3N2O3.C10H12/c1-16(2,3)26-15(25)22-8-6-17(7-9-22)10-13(11-17)23(12-4-5-12)14(24)18(19,20)21;1-2-3-7-10-8-5-4-6-9-10/h12-13H,4-11H2,1-3H3;3-9H,2H2,1H3/b;7-3-. The van der Waals surface area contributed by atoms with Crippen molar-refractivity contribution in [2.45, 2.75) is 96.5 Å². The van der Waals surface area contributed by atoms with Crippen LogP contribution in [0.2, 0.25) is 0 Å². The Morgan fingerprint density at radius 2 is 1.64 bits per heavy atom. The number of ether oxygens (including phenoxy) is 1. The number of hydrogen-bond acceptors (Lipinski definition) is 3. The Hall–Kier alpha value is -2.51. The van der Waals surface area contributed by atoms with Crippen LogP contribution in [-0.2, 0) is 9.53 Å². The molecule has 5 nitrogen and oxygen atoms in total. The van der Waals surface area contributed by atoms with Gasteiger partial charge in [0.2, 0.25) is 0 Å². The van der Waals surface area contributed by atoms with E-state index < -0.39 is 17.7 Å². The van der Waals surface area contributed by atoms with Crippen LogP contribution in [0.1, 0.15) is 78.2 Å². The summed E-state index contributed by atoms with van der Waals surface area (Å²) in [5.41, 5.74) is 0.697. The number of piperidine rings is 1. The van der Waals surface area contributed by atoms with Crippen LogP contribution in [-0.4, -0.2) is 58.8 Å². The maximum absolute atomic E-state index is 12.9. The third-order valence-electron chi connectivity index (χ3n) is 6.97. The maximum Gasteiger partial charge on any atom is 0.471 e. The van der Waals surface area contributed by atoms with Gasteiger partial charge in [-0.2, -0.15) is 13.2 Å². The zero-order valence-electron chi connectivity index (χ0n) is 21.8. The summed E-state index contributed by atoms with van der Waals surface area (Å²) in [4.78, 5) is 26.6. The van der Waals surface area contributed by atoms with E-state index in [0.717, 1.165) is 24.2 Å². The van der Waals surface area contributed by atoms with Crippen LogP contribution in [0.15, 0.2) is 36.4 Å². The lowest BCUT2D eigenvalue weighted by Crippen LogP contribution is -2.59. The number of amides is 2. The molecule has 8 heteroatoms. The van der Waals surface area contributed by atoms with Crippen LogP contribution in [0.4, 0.5) is 18.0 Å². The number of rotatable bonds is 4. The summed E-state index contributed by atoms with van der Waals surface area (Å²) in [7, 11) is 0. The average Bonchev–Trinajstić information content (AvgIpc) is 3.61. The van der Waals surface area contributed by atoms with Gasteiger partial charge in [0.1, 0.15) is 5.60 Å². The Morgan fingerprint density at radius 1 is 1.06 bits per heavy atom. The van der Waals surface area contributed by atoms with Gasteiger partial charge in [0.05, 0.1) is 0 Å². The van der Waals surface area contributed by atoms with Gasteiger partial charge in [0.15, 0.2) is 0 Å². The molecule has 0 atom stereocenters. The number of carbonyl (C=O) groups excluding carboxylic acids is 2. The first kappa shape index (κ1) is 28.1. The minimum absolute atomic E-state index is 0.0395. The Balaban J connectivity index is 0.000000303. The highest BCUT2D eigenvalue weighted by Crippen LogP contribution is 2.53. The SMILES string of the molecule is CC(C)(C)OC(=O)N1CCC2(CC1)CC(N(C(=O)C(F)(F)F)C1CC1)C2.CC/C=C\c1ccccc1. The molecular weight excluding hydrogens is 469 g/mol. The fourth-order valence-corrected chi connectivity index (χ4v) is 4.98. The molecule has 2 saturated carbocycles. The lowest BCUT2D eigenvalue weighted by atomic mass is 9.60. The third kappa shape index (κ3) is 7.74. The predicted octanol–water partition coefficient (Wildman–Crippen LogP) is 6.83. The first-order valence-electron chi connectivity index (χ1n) is 12.9. The van der Waals surface area contributed by atoms with E-state index in [2.05, 4.69) is 43.3 Å². The van der Waals surface area contributed by atoms with Gasteiger partial charge in [-0.1, -0.05) is 49.4 Å². The van der Waals surface area contributed by atoms with Crippen molar-refractivity contribution in [1.29, 1.82) is 0 Å². The number of likely N-dealkylation sites (tertiary alicyclic amines) is 1. The maximum atomic E-state index is 12.9. The molecule has 3 aliphatic rings. The Labute approximate surface area is 212 Å². The van der Waals surface area contributed by atoms with Crippen LogP contribution in [0, 0.1) is 5.41 Å². The zero-order valence-corrected chi connectivity index (χ0v) is 21.8. The largest absolute Gasteiger partial charge is 0.471 e. The number of carbonyl (C=O) groups is 2. The molecule has 0 unspecified atom stereocenters. The van der Waals surface area contributed by atoms with Crippen LogP contribution >= 0.6 is 0 Å². The number of hydrogen-bond donors (Lipinski definition) is 0. The summed E-state index contributed by atoms with van der Waals surface area (Å²) in [6.45, 7) is 8.70. The summed E-state index contributed by atoms with van der Waals surface area (Å²) in [6, 6.07) is 9.78. The first-order valence-corrected chi connectivity index (χ1v) is 12.9. The van der Waals surface area contributed by atoms with Gasteiger partial charge in [0, 0.05) is 25.2 Å². The lowest BCUT2D eigenvalue weighted by Gasteiger charge is -2.55. The second kappa shape index (κ2) is 11.3. The molecular formula is C28H39F3N2O3. The summed E-state index contributed by atoms with van der Waals surface area (Å²) in [5, 5.41) is 0. The van der Waals surface area contributed by atoms with Gasteiger partial charge in [-0.3, -0.25) is 4.79 Å². The van der Waals surface area contributed by atoms with Crippen molar-refractivity contribution in [2.75, 3.05) is 13.1 Å². The van der Waals surface area contributed by atoms with E-state index in [9.17, 15) is 22.8 Å². The normalized spacial score (nSPS) is 19.9. The highest BCUT2D eigenvalue weighted by Gasteiger charge is 2.56. The molecule has 1 saturated heterocycles. The van der Waals surface area contributed by atoms with Gasteiger partial charge < -0.3 is 14.5 Å². The summed E-state index contributed by atoms with van der Waals surface area (Å²) in [6.07, 6.45) is 4.31. The van der Waals surface area contributed by atoms with Crippen LogP contribution < -0.4 is 0 Å². The molecule has 36 heavy (non-hydrogen) atoms. The van der Waals surface area contributed by atoms with Crippen molar-refractivity contribution in [3.8, 4) is 0 Å². The smallest absolute Gasteiger partial charge is 0.444 e. The molecule has 4 rings (SSSR count). The van der Waals surface area contributed by atoms with Crippen LogP contribution in [0.25, 0.3) is 6.08 Å². The Morgan fingerprint density at radius 3 is 2.11 bits per heavy atom. The van der Waals surface area contributed by atoms with E-state index in [1.54, 1.807) is 4.90 Å². The summed E-state index contributed by atoms with van der Waals surface area (Å²) < 4.78 is 44.0. The highest BCUT2D eigenvalue weighted by molar-refractivity contribution is 5.83. The molecule has 0 bridgehead atoms. The lowest BCUT2D eigenvalue weighted by molar-refractivity contribution is -0.194. The molecule has 0 N–H and O–H groups in total. The number of alkyl halides is 3. The number of benzene rings is 1.